The number of hydrogen-bond donors (Lipinski definition) is 0. The Morgan fingerprint density at radius 3 is 1.68 bits per heavy atom. The number of rotatable bonds is 16. The van der Waals surface area contributed by atoms with E-state index in [1.54, 1.807) is 0 Å². The first-order valence-electron chi connectivity index (χ1n) is 11.5. The van der Waals surface area contributed by atoms with E-state index in [9.17, 15) is 0 Å². The summed E-state index contributed by atoms with van der Waals surface area (Å²) in [5.74, 6) is 0.927. The molecule has 0 aliphatic heterocycles. The first-order valence-corrected chi connectivity index (χ1v) is 11.5. The standard InChI is InChI=1S/C28H35NO2/c1-2-30-22-10-8-6-4-3-5-7-9-11-23-31-28-20-18-26(19-21-28)13-12-25-14-16-27(24-29)17-15-25/h2,12-21H,1,3-11,22-23H2/b13-12+. The van der Waals surface area contributed by atoms with Crippen molar-refractivity contribution in [1.29, 1.82) is 5.26 Å². The summed E-state index contributed by atoms with van der Waals surface area (Å²) >= 11 is 0. The van der Waals surface area contributed by atoms with Crippen molar-refractivity contribution in [1.82, 2.24) is 0 Å². The highest BCUT2D eigenvalue weighted by molar-refractivity contribution is 5.70. The molecular formula is C28H35NO2. The molecule has 0 saturated heterocycles. The van der Waals surface area contributed by atoms with Crippen LogP contribution in [0.1, 0.15) is 74.5 Å². The van der Waals surface area contributed by atoms with Crippen LogP contribution >= 0.6 is 0 Å². The Bertz CT molecular complexity index is 800. The second-order valence-electron chi connectivity index (χ2n) is 7.70. The third-order valence-corrected chi connectivity index (χ3v) is 5.18. The van der Waals surface area contributed by atoms with Gasteiger partial charge in [-0.2, -0.15) is 5.26 Å². The van der Waals surface area contributed by atoms with Gasteiger partial charge in [-0.3, -0.25) is 0 Å². The molecule has 0 aliphatic carbocycles. The highest BCUT2D eigenvalue weighted by Gasteiger charge is 1.96. The van der Waals surface area contributed by atoms with Crippen LogP contribution in [-0.4, -0.2) is 13.2 Å². The van der Waals surface area contributed by atoms with Crippen LogP contribution in [0.15, 0.2) is 61.4 Å². The van der Waals surface area contributed by atoms with Crippen LogP contribution in [0.3, 0.4) is 0 Å². The topological polar surface area (TPSA) is 42.2 Å². The van der Waals surface area contributed by atoms with Gasteiger partial charge in [0, 0.05) is 0 Å². The first-order chi connectivity index (χ1) is 15.3. The molecule has 0 amide bonds. The lowest BCUT2D eigenvalue weighted by Gasteiger charge is -2.07. The number of hydrogen-bond acceptors (Lipinski definition) is 3. The maximum absolute atomic E-state index is 8.85. The molecule has 0 spiro atoms. The molecule has 3 nitrogen and oxygen atoms in total. The molecule has 0 aliphatic rings. The van der Waals surface area contributed by atoms with Crippen molar-refractivity contribution in [3.63, 3.8) is 0 Å². The van der Waals surface area contributed by atoms with Crippen molar-refractivity contribution >= 4 is 12.2 Å². The van der Waals surface area contributed by atoms with Crippen LogP contribution in [0.4, 0.5) is 0 Å². The molecule has 0 radical (unpaired) electrons. The highest BCUT2D eigenvalue weighted by Crippen LogP contribution is 2.16. The SMILES string of the molecule is C=COCCCCCCCCCCCOc1ccc(/C=C/c2ccc(C#N)cc2)cc1. The highest BCUT2D eigenvalue weighted by atomic mass is 16.5. The molecule has 2 aromatic carbocycles. The summed E-state index contributed by atoms with van der Waals surface area (Å²) in [5, 5.41) is 8.85. The van der Waals surface area contributed by atoms with Gasteiger partial charge in [0.25, 0.3) is 0 Å². The van der Waals surface area contributed by atoms with E-state index in [1.165, 1.54) is 51.2 Å². The molecule has 0 fully saturated rings. The van der Waals surface area contributed by atoms with Gasteiger partial charge in [-0.05, 0) is 48.2 Å². The fourth-order valence-corrected chi connectivity index (χ4v) is 3.33. The van der Waals surface area contributed by atoms with Gasteiger partial charge in [-0.1, -0.05) is 87.9 Å². The quantitative estimate of drug-likeness (QED) is 0.159. The van der Waals surface area contributed by atoms with Crippen LogP contribution in [0.5, 0.6) is 5.75 Å². The third kappa shape index (κ3) is 11.1. The number of benzene rings is 2. The van der Waals surface area contributed by atoms with E-state index in [4.69, 9.17) is 14.7 Å². The molecule has 0 unspecified atom stereocenters. The summed E-state index contributed by atoms with van der Waals surface area (Å²) < 4.78 is 11.0. The molecular weight excluding hydrogens is 382 g/mol. The second kappa shape index (κ2) is 15.8. The Labute approximate surface area is 188 Å². The van der Waals surface area contributed by atoms with E-state index < -0.39 is 0 Å². The zero-order chi connectivity index (χ0) is 22.0. The first kappa shape index (κ1) is 24.3. The van der Waals surface area contributed by atoms with Crippen LogP contribution in [0, 0.1) is 11.3 Å². The van der Waals surface area contributed by atoms with Crippen LogP contribution in [-0.2, 0) is 4.74 Å². The Morgan fingerprint density at radius 2 is 1.16 bits per heavy atom. The predicted molar refractivity (Wildman–Crippen MR) is 130 cm³/mol. The largest absolute Gasteiger partial charge is 0.502 e. The molecule has 0 saturated carbocycles. The molecule has 0 aromatic heterocycles. The lowest BCUT2D eigenvalue weighted by Crippen LogP contribution is -1.97. The van der Waals surface area contributed by atoms with Crippen molar-refractivity contribution in [3.8, 4) is 11.8 Å². The van der Waals surface area contributed by atoms with Crippen LogP contribution in [0.25, 0.3) is 12.2 Å². The fourth-order valence-electron chi connectivity index (χ4n) is 3.33. The van der Waals surface area contributed by atoms with Crippen molar-refractivity contribution in [2.45, 2.75) is 57.8 Å². The van der Waals surface area contributed by atoms with Crippen LogP contribution < -0.4 is 4.74 Å². The van der Waals surface area contributed by atoms with Crippen molar-refractivity contribution in [2.75, 3.05) is 13.2 Å². The molecule has 31 heavy (non-hydrogen) atoms. The average molecular weight is 418 g/mol. The monoisotopic (exact) mass is 417 g/mol. The van der Waals surface area contributed by atoms with Gasteiger partial charge in [-0.25, -0.2) is 0 Å². The number of nitrogens with zero attached hydrogens (tertiary/aromatic N) is 1. The summed E-state index contributed by atoms with van der Waals surface area (Å²) in [6.07, 6.45) is 17.0. The number of unbranched alkanes of at least 4 members (excludes halogenated alkanes) is 8. The van der Waals surface area contributed by atoms with E-state index in [2.05, 4.69) is 30.9 Å². The minimum atomic E-state index is 0.681. The van der Waals surface area contributed by atoms with Gasteiger partial charge in [0.05, 0.1) is 31.1 Å². The maximum Gasteiger partial charge on any atom is 0.119 e. The fraction of sp³-hybridized carbons (Fsp3) is 0.393. The summed E-state index contributed by atoms with van der Waals surface area (Å²) in [4.78, 5) is 0. The minimum Gasteiger partial charge on any atom is -0.502 e. The average Bonchev–Trinajstić information content (AvgIpc) is 2.82. The van der Waals surface area contributed by atoms with Crippen molar-refractivity contribution in [3.05, 3.63) is 78.1 Å². The van der Waals surface area contributed by atoms with Crippen molar-refractivity contribution < 1.29 is 9.47 Å². The Morgan fingerprint density at radius 1 is 0.677 bits per heavy atom. The Balaban J connectivity index is 1.51. The van der Waals surface area contributed by atoms with Crippen LogP contribution in [0.2, 0.25) is 0 Å². The zero-order valence-electron chi connectivity index (χ0n) is 18.6. The van der Waals surface area contributed by atoms with Crippen molar-refractivity contribution in [2.24, 2.45) is 0 Å². The third-order valence-electron chi connectivity index (χ3n) is 5.18. The number of nitriles is 1. The summed E-state index contributed by atoms with van der Waals surface area (Å²) in [5.41, 5.74) is 2.89. The van der Waals surface area contributed by atoms with Gasteiger partial charge in [0.2, 0.25) is 0 Å². The minimum absolute atomic E-state index is 0.681. The molecule has 0 N–H and O–H groups in total. The Kier molecular flexibility index (Phi) is 12.4. The number of ether oxygens (including phenoxy) is 2. The summed E-state index contributed by atoms with van der Waals surface area (Å²) in [6, 6.07) is 17.9. The lowest BCUT2D eigenvalue weighted by molar-refractivity contribution is 0.241. The van der Waals surface area contributed by atoms with E-state index in [-0.39, 0.29) is 0 Å². The van der Waals surface area contributed by atoms with E-state index >= 15 is 0 Å². The molecule has 0 atom stereocenters. The van der Waals surface area contributed by atoms with E-state index in [0.29, 0.717) is 5.56 Å². The van der Waals surface area contributed by atoms with E-state index in [0.717, 1.165) is 42.9 Å². The molecule has 0 heterocycles. The van der Waals surface area contributed by atoms with Gasteiger partial charge in [-0.15, -0.1) is 0 Å². The zero-order valence-corrected chi connectivity index (χ0v) is 18.6. The Hall–Kier alpha value is -2.99. The van der Waals surface area contributed by atoms with Gasteiger partial charge in [0.1, 0.15) is 5.75 Å². The van der Waals surface area contributed by atoms with Gasteiger partial charge < -0.3 is 9.47 Å². The summed E-state index contributed by atoms with van der Waals surface area (Å²) in [6.45, 7) is 5.14. The normalized spacial score (nSPS) is 10.7. The second-order valence-corrected chi connectivity index (χ2v) is 7.70. The maximum atomic E-state index is 8.85. The van der Waals surface area contributed by atoms with Gasteiger partial charge >= 0.3 is 0 Å². The molecule has 2 aromatic rings. The summed E-state index contributed by atoms with van der Waals surface area (Å²) in [7, 11) is 0. The lowest BCUT2D eigenvalue weighted by atomic mass is 10.1. The molecule has 164 valence electrons. The molecule has 0 bridgehead atoms. The molecule has 3 heteroatoms. The predicted octanol–water partition coefficient (Wildman–Crippen LogP) is 7.78. The molecule has 2 rings (SSSR count). The smallest absolute Gasteiger partial charge is 0.119 e. The van der Waals surface area contributed by atoms with Gasteiger partial charge in [0.15, 0.2) is 0 Å². The van der Waals surface area contributed by atoms with E-state index in [1.807, 2.05) is 42.5 Å².